The van der Waals surface area contributed by atoms with E-state index in [0.29, 0.717) is 42.4 Å². The SMILES string of the molecule is CSCC[C@@H](NC(=O)c1cc(OC[C@@H]2C[C@H](S)CN2)ccc1CCc1ccc(F)cc1)C(=O)/C=C/c1cccnc1. The van der Waals surface area contributed by atoms with E-state index in [4.69, 9.17) is 4.74 Å². The number of thioether (sulfide) groups is 1. The molecule has 0 unspecified atom stereocenters. The number of amides is 1. The Balaban J connectivity index is 1.52. The summed E-state index contributed by atoms with van der Waals surface area (Å²) in [4.78, 5) is 30.9. The molecular weight excluding hydrogens is 558 g/mol. The molecule has 0 radical (unpaired) electrons. The Hall–Kier alpha value is -3.14. The molecule has 216 valence electrons. The Morgan fingerprint density at radius 1 is 1.22 bits per heavy atom. The predicted molar refractivity (Wildman–Crippen MR) is 167 cm³/mol. The Morgan fingerprint density at radius 3 is 2.76 bits per heavy atom. The third-order valence-corrected chi connectivity index (χ3v) is 7.99. The zero-order chi connectivity index (χ0) is 29.0. The molecule has 0 aliphatic carbocycles. The number of hydrogen-bond donors (Lipinski definition) is 3. The van der Waals surface area contributed by atoms with Gasteiger partial charge in [-0.2, -0.15) is 24.4 Å². The molecule has 1 aliphatic heterocycles. The fourth-order valence-electron chi connectivity index (χ4n) is 4.65. The standard InChI is InChI=1S/C32H36FN3O3S2/c1-41-16-14-30(31(37)13-7-23-3-2-15-34-19-23)36-32(38)29-18-27(39-21-26-17-28(40)20-35-26)12-9-24(29)8-4-22-5-10-25(33)11-6-22/h2-3,5-7,9-13,15,18-19,26,28,30,35,40H,4,8,14,16-17,20-21H2,1H3,(H,36,38)/b13-7+/t26-,28-,30+/m0/s1. The maximum Gasteiger partial charge on any atom is 0.252 e. The second kappa shape index (κ2) is 15.7. The van der Waals surface area contributed by atoms with Crippen molar-refractivity contribution in [2.75, 3.05) is 25.2 Å². The van der Waals surface area contributed by atoms with Gasteiger partial charge in [0.05, 0.1) is 6.04 Å². The van der Waals surface area contributed by atoms with E-state index in [1.165, 1.54) is 18.2 Å². The minimum absolute atomic E-state index is 0.176. The van der Waals surface area contributed by atoms with E-state index in [9.17, 15) is 14.0 Å². The average Bonchev–Trinajstić information content (AvgIpc) is 3.42. The van der Waals surface area contributed by atoms with E-state index in [1.54, 1.807) is 54.5 Å². The van der Waals surface area contributed by atoms with Gasteiger partial charge < -0.3 is 15.4 Å². The highest BCUT2D eigenvalue weighted by Gasteiger charge is 2.23. The van der Waals surface area contributed by atoms with Gasteiger partial charge in [0.2, 0.25) is 0 Å². The fourth-order valence-corrected chi connectivity index (χ4v) is 5.48. The Labute approximate surface area is 251 Å². The minimum Gasteiger partial charge on any atom is -0.492 e. The first-order valence-electron chi connectivity index (χ1n) is 13.7. The van der Waals surface area contributed by atoms with Crippen LogP contribution in [-0.4, -0.2) is 59.2 Å². The first-order valence-corrected chi connectivity index (χ1v) is 15.7. The smallest absolute Gasteiger partial charge is 0.252 e. The van der Waals surface area contributed by atoms with E-state index in [0.717, 1.165) is 35.4 Å². The molecule has 2 aromatic carbocycles. The largest absolute Gasteiger partial charge is 0.492 e. The topological polar surface area (TPSA) is 80.3 Å². The third-order valence-electron chi connectivity index (χ3n) is 6.96. The number of carbonyl (C=O) groups excluding carboxylic acids is 2. The van der Waals surface area contributed by atoms with Crippen molar-refractivity contribution in [2.24, 2.45) is 0 Å². The third kappa shape index (κ3) is 9.73. The normalized spacial score (nSPS) is 17.4. The molecule has 1 amide bonds. The molecule has 1 aliphatic rings. The number of aromatic nitrogens is 1. The molecule has 2 N–H and O–H groups in total. The molecule has 9 heteroatoms. The van der Waals surface area contributed by atoms with Crippen molar-refractivity contribution in [2.45, 2.75) is 43.0 Å². The van der Waals surface area contributed by atoms with Crippen molar-refractivity contribution in [3.05, 3.63) is 101 Å². The molecular formula is C32H36FN3O3S2. The number of thiol groups is 1. The van der Waals surface area contributed by atoms with Gasteiger partial charge in [0.15, 0.2) is 5.78 Å². The summed E-state index contributed by atoms with van der Waals surface area (Å²) in [5.41, 5.74) is 3.08. The van der Waals surface area contributed by atoms with Gasteiger partial charge in [0.25, 0.3) is 5.91 Å². The summed E-state index contributed by atoms with van der Waals surface area (Å²) in [5.74, 6) is 0.528. The molecule has 0 bridgehead atoms. The van der Waals surface area contributed by atoms with E-state index < -0.39 is 6.04 Å². The van der Waals surface area contributed by atoms with Crippen LogP contribution in [0.5, 0.6) is 5.75 Å². The molecule has 3 aromatic rings. The summed E-state index contributed by atoms with van der Waals surface area (Å²) in [7, 11) is 0. The second-order valence-electron chi connectivity index (χ2n) is 10.1. The molecule has 4 rings (SSSR count). The van der Waals surface area contributed by atoms with E-state index >= 15 is 0 Å². The number of benzene rings is 2. The number of carbonyl (C=O) groups is 2. The molecule has 0 spiro atoms. The highest BCUT2D eigenvalue weighted by atomic mass is 32.2. The molecule has 3 atom stereocenters. The van der Waals surface area contributed by atoms with Crippen LogP contribution < -0.4 is 15.4 Å². The molecule has 1 aromatic heterocycles. The van der Waals surface area contributed by atoms with Crippen molar-refractivity contribution >= 4 is 42.2 Å². The zero-order valence-corrected chi connectivity index (χ0v) is 24.8. The quantitative estimate of drug-likeness (QED) is 0.177. The first kappa shape index (κ1) is 30.8. The van der Waals surface area contributed by atoms with Gasteiger partial charge in [-0.1, -0.05) is 24.3 Å². The summed E-state index contributed by atoms with van der Waals surface area (Å²) in [6, 6.07) is 15.1. The van der Waals surface area contributed by atoms with Gasteiger partial charge in [0.1, 0.15) is 18.2 Å². The number of nitrogens with one attached hydrogen (secondary N) is 2. The van der Waals surface area contributed by atoms with E-state index in [-0.39, 0.29) is 23.5 Å². The van der Waals surface area contributed by atoms with E-state index in [1.807, 2.05) is 24.5 Å². The maximum atomic E-state index is 13.7. The van der Waals surface area contributed by atoms with Crippen molar-refractivity contribution in [3.8, 4) is 5.75 Å². The second-order valence-corrected chi connectivity index (χ2v) is 11.8. The number of hydrogen-bond acceptors (Lipinski definition) is 7. The maximum absolute atomic E-state index is 13.7. The number of rotatable bonds is 14. The fraction of sp³-hybridized carbons (Fsp3) is 0.344. The summed E-state index contributed by atoms with van der Waals surface area (Å²) < 4.78 is 19.4. The first-order chi connectivity index (χ1) is 19.9. The van der Waals surface area contributed by atoms with Crippen molar-refractivity contribution in [1.29, 1.82) is 0 Å². The predicted octanol–water partition coefficient (Wildman–Crippen LogP) is 5.18. The number of ketones is 1. The number of aryl methyl sites for hydroxylation is 2. The lowest BCUT2D eigenvalue weighted by Gasteiger charge is -2.19. The van der Waals surface area contributed by atoms with Crippen LogP contribution in [0.25, 0.3) is 6.08 Å². The minimum atomic E-state index is -0.674. The van der Waals surface area contributed by atoms with Crippen molar-refractivity contribution < 1.29 is 18.7 Å². The molecule has 0 saturated carbocycles. The van der Waals surface area contributed by atoms with Crippen molar-refractivity contribution in [1.82, 2.24) is 15.6 Å². The van der Waals surface area contributed by atoms with Gasteiger partial charge in [-0.05, 0) is 96.9 Å². The van der Waals surface area contributed by atoms with Crippen LogP contribution in [0.4, 0.5) is 4.39 Å². The number of nitrogens with zero attached hydrogens (tertiary/aromatic N) is 1. The van der Waals surface area contributed by atoms with Crippen LogP contribution in [0.15, 0.2) is 73.1 Å². The van der Waals surface area contributed by atoms with Crippen LogP contribution in [-0.2, 0) is 17.6 Å². The highest BCUT2D eigenvalue weighted by molar-refractivity contribution is 7.98. The molecule has 2 heterocycles. The molecule has 1 fully saturated rings. The monoisotopic (exact) mass is 593 g/mol. The lowest BCUT2D eigenvalue weighted by atomic mass is 9.98. The van der Waals surface area contributed by atoms with Gasteiger partial charge in [0, 0.05) is 35.8 Å². The molecule has 6 nitrogen and oxygen atoms in total. The lowest BCUT2D eigenvalue weighted by Crippen LogP contribution is -2.41. The summed E-state index contributed by atoms with van der Waals surface area (Å²) in [6.07, 6.45) is 11.2. The Morgan fingerprint density at radius 2 is 2.05 bits per heavy atom. The molecule has 41 heavy (non-hydrogen) atoms. The van der Waals surface area contributed by atoms with Gasteiger partial charge in [-0.15, -0.1) is 0 Å². The van der Waals surface area contributed by atoms with Crippen molar-refractivity contribution in [3.63, 3.8) is 0 Å². The number of pyridine rings is 1. The summed E-state index contributed by atoms with van der Waals surface area (Å²) >= 11 is 6.15. The summed E-state index contributed by atoms with van der Waals surface area (Å²) in [6.45, 7) is 1.31. The Kier molecular flexibility index (Phi) is 11.8. The van der Waals surface area contributed by atoms with Crippen LogP contribution >= 0.6 is 24.4 Å². The number of ether oxygens (including phenoxy) is 1. The lowest BCUT2D eigenvalue weighted by molar-refractivity contribution is -0.116. The zero-order valence-electron chi connectivity index (χ0n) is 23.1. The molecule has 1 saturated heterocycles. The van der Waals surface area contributed by atoms with Gasteiger partial charge in [-0.3, -0.25) is 14.6 Å². The number of halogens is 1. The van der Waals surface area contributed by atoms with Crippen LogP contribution in [0.3, 0.4) is 0 Å². The van der Waals surface area contributed by atoms with Crippen LogP contribution in [0, 0.1) is 5.82 Å². The Bertz CT molecular complexity index is 1320. The van der Waals surface area contributed by atoms with Crippen LogP contribution in [0.1, 0.15) is 39.9 Å². The van der Waals surface area contributed by atoms with Crippen LogP contribution in [0.2, 0.25) is 0 Å². The highest BCUT2D eigenvalue weighted by Crippen LogP contribution is 2.22. The van der Waals surface area contributed by atoms with Gasteiger partial charge in [-0.25, -0.2) is 4.39 Å². The summed E-state index contributed by atoms with van der Waals surface area (Å²) in [5, 5.41) is 6.68. The van der Waals surface area contributed by atoms with Gasteiger partial charge >= 0.3 is 0 Å². The average molecular weight is 594 g/mol. The van der Waals surface area contributed by atoms with E-state index in [2.05, 4.69) is 28.2 Å².